The van der Waals surface area contributed by atoms with Crippen molar-refractivity contribution in [2.24, 2.45) is 0 Å². The molecule has 0 aromatic heterocycles. The van der Waals surface area contributed by atoms with Gasteiger partial charge in [-0.1, -0.05) is 168 Å². The molecular formula is C37H75NO3P+. The van der Waals surface area contributed by atoms with Gasteiger partial charge in [0.05, 0.1) is 21.1 Å². The Balaban J connectivity index is 4.07. The molecule has 0 saturated heterocycles. The number of rotatable bonds is 34. The molecule has 42 heavy (non-hydrogen) atoms. The molecule has 0 rings (SSSR count). The van der Waals surface area contributed by atoms with Crippen LogP contribution < -0.4 is 0 Å². The molecule has 0 atom stereocenters. The van der Waals surface area contributed by atoms with Crippen molar-refractivity contribution < 1.29 is 18.6 Å². The largest absolute Gasteiger partial charge is 0.339 e. The molecule has 0 amide bonds. The molecule has 0 saturated carbocycles. The Morgan fingerprint density at radius 3 is 0.976 bits per heavy atom. The summed E-state index contributed by atoms with van der Waals surface area (Å²) >= 11 is 0. The van der Waals surface area contributed by atoms with E-state index >= 15 is 0 Å². The number of nitrogens with zero attached hydrogens (tertiary/aromatic N) is 1. The van der Waals surface area contributed by atoms with Crippen LogP contribution in [-0.4, -0.2) is 49.8 Å². The smallest absolute Gasteiger partial charge is 0.189 e. The molecule has 0 aromatic rings. The van der Waals surface area contributed by atoms with E-state index in [2.05, 4.69) is 35.0 Å². The van der Waals surface area contributed by atoms with Crippen molar-refractivity contribution in [1.82, 2.24) is 0 Å². The predicted molar refractivity (Wildman–Crippen MR) is 186 cm³/mol. The van der Waals surface area contributed by atoms with Crippen molar-refractivity contribution in [3.05, 3.63) is 0 Å². The number of quaternary nitrogens is 1. The van der Waals surface area contributed by atoms with E-state index in [1.807, 2.05) is 0 Å². The minimum atomic E-state index is -1.60. The van der Waals surface area contributed by atoms with Gasteiger partial charge in [0.2, 0.25) is 0 Å². The molecule has 0 unspecified atom stereocenters. The minimum absolute atomic E-state index is 0.0779. The normalized spacial score (nSPS) is 12.0. The van der Waals surface area contributed by atoms with E-state index in [-0.39, 0.29) is 11.0 Å². The van der Waals surface area contributed by atoms with Crippen molar-refractivity contribution in [3.8, 4) is 0 Å². The van der Waals surface area contributed by atoms with Crippen LogP contribution in [0.2, 0.25) is 0 Å². The molecule has 0 aliphatic heterocycles. The molecule has 0 heterocycles. The van der Waals surface area contributed by atoms with Gasteiger partial charge in [0.15, 0.2) is 19.2 Å². The maximum Gasteiger partial charge on any atom is 0.189 e. The van der Waals surface area contributed by atoms with Crippen molar-refractivity contribution in [2.75, 3.05) is 34.3 Å². The summed E-state index contributed by atoms with van der Waals surface area (Å²) < 4.78 is 6.80. The number of carbonyl (C=O) groups excluding carboxylic acids is 2. The van der Waals surface area contributed by atoms with Crippen LogP contribution in [0.3, 0.4) is 0 Å². The Bertz CT molecular complexity index is 562. The molecule has 0 N–H and O–H groups in total. The molecule has 4 nitrogen and oxygen atoms in total. The van der Waals surface area contributed by atoms with Crippen LogP contribution in [0.4, 0.5) is 0 Å². The van der Waals surface area contributed by atoms with Gasteiger partial charge in [-0.25, -0.2) is 0 Å². The van der Waals surface area contributed by atoms with Gasteiger partial charge in [0, 0.05) is 12.8 Å². The first-order chi connectivity index (χ1) is 20.3. The van der Waals surface area contributed by atoms with E-state index in [4.69, 9.17) is 4.52 Å². The fourth-order valence-electron chi connectivity index (χ4n) is 5.48. The van der Waals surface area contributed by atoms with Crippen LogP contribution in [0.25, 0.3) is 0 Å². The van der Waals surface area contributed by atoms with Crippen molar-refractivity contribution in [3.63, 3.8) is 0 Å². The first-order valence-corrected chi connectivity index (χ1v) is 19.9. The molecule has 0 aliphatic carbocycles. The number of hydrogen-bond donors (Lipinski definition) is 0. The van der Waals surface area contributed by atoms with Crippen LogP contribution in [0, 0.1) is 0 Å². The van der Waals surface area contributed by atoms with Gasteiger partial charge in [0.25, 0.3) is 0 Å². The molecule has 5 heteroatoms. The fourth-order valence-corrected chi connectivity index (χ4v) is 7.03. The van der Waals surface area contributed by atoms with Crippen LogP contribution in [0.5, 0.6) is 0 Å². The predicted octanol–water partition coefficient (Wildman–Crippen LogP) is 12.1. The highest BCUT2D eigenvalue weighted by Gasteiger charge is 2.27. The summed E-state index contributed by atoms with van der Waals surface area (Å²) in [6.07, 6.45) is 34.7. The van der Waals surface area contributed by atoms with Crippen LogP contribution >= 0.6 is 8.15 Å². The second-order valence-electron chi connectivity index (χ2n) is 13.9. The van der Waals surface area contributed by atoms with Gasteiger partial charge in [0.1, 0.15) is 13.2 Å². The zero-order chi connectivity index (χ0) is 31.2. The maximum absolute atomic E-state index is 13.1. The van der Waals surface area contributed by atoms with Gasteiger partial charge >= 0.3 is 0 Å². The summed E-state index contributed by atoms with van der Waals surface area (Å²) in [5.74, 6) is 0. The summed E-state index contributed by atoms with van der Waals surface area (Å²) in [6, 6.07) is 0. The van der Waals surface area contributed by atoms with E-state index in [0.717, 1.165) is 36.7 Å². The first kappa shape index (κ1) is 41.7. The van der Waals surface area contributed by atoms with Crippen molar-refractivity contribution >= 4 is 19.2 Å². The summed E-state index contributed by atoms with van der Waals surface area (Å²) in [6.45, 7) is 5.86. The molecule has 0 spiro atoms. The van der Waals surface area contributed by atoms with E-state index < -0.39 is 8.15 Å². The second kappa shape index (κ2) is 30.7. The third-order valence-corrected chi connectivity index (χ3v) is 10.2. The van der Waals surface area contributed by atoms with Gasteiger partial charge < -0.3 is 9.01 Å². The van der Waals surface area contributed by atoms with Gasteiger partial charge in [-0.2, -0.15) is 0 Å². The SMILES string of the molecule is CCCCCCCCCCCCCCCC(=O)P(OCC[N+](C)(C)C)C(=O)CCCCCCCCCCCCCCC. The number of unbranched alkanes of at least 4 members (excludes halogenated alkanes) is 24. The molecule has 0 aliphatic rings. The highest BCUT2D eigenvalue weighted by Crippen LogP contribution is 2.42. The maximum atomic E-state index is 13.1. The minimum Gasteiger partial charge on any atom is -0.339 e. The van der Waals surface area contributed by atoms with Crippen LogP contribution in [0.1, 0.15) is 194 Å². The van der Waals surface area contributed by atoms with E-state index in [1.165, 1.54) is 141 Å². The zero-order valence-electron chi connectivity index (χ0n) is 29.3. The lowest BCUT2D eigenvalue weighted by molar-refractivity contribution is -0.870. The standard InChI is InChI=1S/C37H75NO3P/c1-6-8-10-12-14-16-18-20-22-24-26-28-30-32-36(39)42(41-35-34-38(3,4)5)37(40)33-31-29-27-25-23-21-19-17-15-13-11-9-7-2/h6-35H2,1-5H3/q+1. The molecule has 0 radical (unpaired) electrons. The highest BCUT2D eigenvalue weighted by atomic mass is 31.1. The van der Waals surface area contributed by atoms with E-state index in [0.29, 0.717) is 19.4 Å². The number of carbonyl (C=O) groups is 2. The molecule has 0 aromatic carbocycles. The van der Waals surface area contributed by atoms with Crippen LogP contribution in [-0.2, 0) is 14.1 Å². The highest BCUT2D eigenvalue weighted by molar-refractivity contribution is 7.85. The second-order valence-corrected chi connectivity index (χ2v) is 15.8. The monoisotopic (exact) mass is 613 g/mol. The lowest BCUT2D eigenvalue weighted by Gasteiger charge is -2.24. The summed E-state index contributed by atoms with van der Waals surface area (Å²) in [5.41, 5.74) is 0.156. The topological polar surface area (TPSA) is 43.4 Å². The van der Waals surface area contributed by atoms with Crippen LogP contribution in [0.15, 0.2) is 0 Å². The third-order valence-electron chi connectivity index (χ3n) is 8.42. The molecular weight excluding hydrogens is 537 g/mol. The zero-order valence-corrected chi connectivity index (χ0v) is 30.2. The van der Waals surface area contributed by atoms with Gasteiger partial charge in [-0.3, -0.25) is 9.59 Å². The molecule has 0 fully saturated rings. The summed E-state index contributed by atoms with van der Waals surface area (Å²) in [5, 5.41) is 0. The Morgan fingerprint density at radius 2 is 0.714 bits per heavy atom. The fraction of sp³-hybridized carbons (Fsp3) is 0.946. The summed E-state index contributed by atoms with van der Waals surface area (Å²) in [4.78, 5) is 26.1. The van der Waals surface area contributed by atoms with E-state index in [9.17, 15) is 9.59 Å². The van der Waals surface area contributed by atoms with Gasteiger partial charge in [-0.05, 0) is 12.8 Å². The third kappa shape index (κ3) is 29.7. The average Bonchev–Trinajstić information content (AvgIpc) is 2.95. The average molecular weight is 613 g/mol. The lowest BCUT2D eigenvalue weighted by Crippen LogP contribution is -2.37. The Morgan fingerprint density at radius 1 is 0.452 bits per heavy atom. The van der Waals surface area contributed by atoms with Crippen molar-refractivity contribution in [2.45, 2.75) is 194 Å². The first-order valence-electron chi connectivity index (χ1n) is 18.6. The number of likely N-dealkylation sites (N-methyl/N-ethyl adjacent to an activating group) is 1. The Kier molecular flexibility index (Phi) is 30.5. The Hall–Kier alpha value is -0.310. The van der Waals surface area contributed by atoms with Gasteiger partial charge in [-0.15, -0.1) is 0 Å². The number of hydrogen-bond acceptors (Lipinski definition) is 3. The lowest BCUT2D eigenvalue weighted by atomic mass is 10.0. The van der Waals surface area contributed by atoms with Crippen molar-refractivity contribution in [1.29, 1.82) is 0 Å². The quantitative estimate of drug-likeness (QED) is 0.0412. The molecule has 0 bridgehead atoms. The summed E-state index contributed by atoms with van der Waals surface area (Å²) in [7, 11) is 4.76. The molecule has 250 valence electrons. The Labute approximate surface area is 265 Å². The van der Waals surface area contributed by atoms with E-state index in [1.54, 1.807) is 0 Å².